The highest BCUT2D eigenvalue weighted by Crippen LogP contribution is 2.14. The van der Waals surface area contributed by atoms with Crippen LogP contribution in [0, 0.1) is 6.92 Å². The van der Waals surface area contributed by atoms with Gasteiger partial charge in [-0.05, 0) is 43.7 Å². The first-order valence-electron chi connectivity index (χ1n) is 8.28. The molecule has 25 heavy (non-hydrogen) atoms. The molecule has 0 unspecified atom stereocenters. The lowest BCUT2D eigenvalue weighted by Crippen LogP contribution is -2.33. The lowest BCUT2D eigenvalue weighted by molar-refractivity contribution is -0.117. The summed E-state index contributed by atoms with van der Waals surface area (Å²) < 4.78 is 10.1. The van der Waals surface area contributed by atoms with Gasteiger partial charge >= 0.3 is 5.97 Å². The van der Waals surface area contributed by atoms with E-state index in [1.807, 2.05) is 43.0 Å². The topological polar surface area (TPSA) is 71.8 Å². The predicted molar refractivity (Wildman–Crippen MR) is 95.4 cm³/mol. The van der Waals surface area contributed by atoms with Crippen molar-refractivity contribution in [1.29, 1.82) is 0 Å². The first-order chi connectivity index (χ1) is 12.0. The number of benzene rings is 1. The molecule has 2 aromatic rings. The molecule has 1 aromatic heterocycles. The van der Waals surface area contributed by atoms with Gasteiger partial charge in [-0.25, -0.2) is 4.79 Å². The van der Waals surface area contributed by atoms with Crippen LogP contribution in [0.2, 0.25) is 0 Å². The lowest BCUT2D eigenvalue weighted by atomic mass is 10.2. The van der Waals surface area contributed by atoms with Crippen molar-refractivity contribution in [3.05, 3.63) is 53.5 Å². The fraction of sp³-hybridized carbons (Fsp3) is 0.368. The summed E-state index contributed by atoms with van der Waals surface area (Å²) in [5, 5.41) is 2.93. The van der Waals surface area contributed by atoms with Crippen molar-refractivity contribution < 1.29 is 18.7 Å². The number of methoxy groups -OCH3 is 1. The van der Waals surface area contributed by atoms with E-state index in [1.165, 1.54) is 7.11 Å². The number of rotatable bonds is 8. The van der Waals surface area contributed by atoms with Crippen molar-refractivity contribution in [2.24, 2.45) is 0 Å². The molecule has 0 saturated carbocycles. The quantitative estimate of drug-likeness (QED) is 0.745. The number of nitrogens with one attached hydrogen (secondary N) is 1. The summed E-state index contributed by atoms with van der Waals surface area (Å²) in [5.74, 6) is 0.198. The summed E-state index contributed by atoms with van der Waals surface area (Å²) >= 11 is 0. The van der Waals surface area contributed by atoms with Crippen LogP contribution in [0.25, 0.3) is 0 Å². The second-order valence-electron chi connectivity index (χ2n) is 5.83. The van der Waals surface area contributed by atoms with Crippen LogP contribution in [0.15, 0.2) is 40.8 Å². The number of furan rings is 1. The average Bonchev–Trinajstić information content (AvgIpc) is 3.05. The van der Waals surface area contributed by atoms with Crippen molar-refractivity contribution in [2.75, 3.05) is 25.5 Å². The molecule has 0 spiro atoms. The average molecular weight is 344 g/mol. The Balaban J connectivity index is 1.98. The molecule has 0 atom stereocenters. The molecule has 2 rings (SSSR count). The van der Waals surface area contributed by atoms with Gasteiger partial charge in [0, 0.05) is 5.69 Å². The Morgan fingerprint density at radius 1 is 1.20 bits per heavy atom. The molecule has 0 aliphatic rings. The number of para-hydroxylation sites is 1. The highest BCUT2D eigenvalue weighted by molar-refractivity contribution is 5.92. The van der Waals surface area contributed by atoms with Crippen molar-refractivity contribution >= 4 is 17.6 Å². The third-order valence-electron chi connectivity index (χ3n) is 3.75. The van der Waals surface area contributed by atoms with Gasteiger partial charge in [0.05, 0.1) is 20.2 Å². The van der Waals surface area contributed by atoms with Gasteiger partial charge in [-0.3, -0.25) is 9.69 Å². The Bertz CT molecular complexity index is 724. The smallest absolute Gasteiger partial charge is 0.373 e. The molecule has 134 valence electrons. The largest absolute Gasteiger partial charge is 0.463 e. The summed E-state index contributed by atoms with van der Waals surface area (Å²) in [5.41, 5.74) is 1.83. The van der Waals surface area contributed by atoms with Crippen LogP contribution >= 0.6 is 0 Å². The minimum atomic E-state index is -0.509. The summed E-state index contributed by atoms with van der Waals surface area (Å²) in [6, 6.07) is 11.0. The number of nitrogens with zero attached hydrogens (tertiary/aromatic N) is 1. The van der Waals surface area contributed by atoms with Crippen LogP contribution in [-0.4, -0.2) is 37.0 Å². The van der Waals surface area contributed by atoms with Crippen molar-refractivity contribution in [3.8, 4) is 0 Å². The van der Waals surface area contributed by atoms with E-state index in [4.69, 9.17) is 4.42 Å². The monoisotopic (exact) mass is 344 g/mol. The van der Waals surface area contributed by atoms with Crippen molar-refractivity contribution in [2.45, 2.75) is 26.8 Å². The normalized spacial score (nSPS) is 10.7. The molecule has 1 amide bonds. The molecule has 0 bridgehead atoms. The molecule has 0 radical (unpaired) electrons. The Morgan fingerprint density at radius 2 is 1.96 bits per heavy atom. The molecule has 0 aliphatic carbocycles. The number of hydrogen-bond donors (Lipinski definition) is 1. The van der Waals surface area contributed by atoms with Gasteiger partial charge in [0.2, 0.25) is 11.7 Å². The molecule has 0 fully saturated rings. The van der Waals surface area contributed by atoms with E-state index in [0.717, 1.165) is 24.2 Å². The minimum Gasteiger partial charge on any atom is -0.463 e. The summed E-state index contributed by atoms with van der Waals surface area (Å²) in [4.78, 5) is 25.8. The molecule has 0 aliphatic heterocycles. The highest BCUT2D eigenvalue weighted by atomic mass is 16.5. The second-order valence-corrected chi connectivity index (χ2v) is 5.83. The molecule has 1 aromatic carbocycles. The van der Waals surface area contributed by atoms with Crippen LogP contribution < -0.4 is 5.32 Å². The lowest BCUT2D eigenvalue weighted by Gasteiger charge is -2.20. The highest BCUT2D eigenvalue weighted by Gasteiger charge is 2.16. The SMILES string of the molecule is CCCN(CC(=O)Nc1ccccc1C)Cc1ccc(C(=O)OC)o1. The fourth-order valence-electron chi connectivity index (χ4n) is 2.53. The maximum absolute atomic E-state index is 12.3. The van der Waals surface area contributed by atoms with Crippen molar-refractivity contribution in [1.82, 2.24) is 4.90 Å². The number of carbonyl (C=O) groups excluding carboxylic acids is 2. The Hall–Kier alpha value is -2.60. The van der Waals surface area contributed by atoms with Gasteiger partial charge in [0.1, 0.15) is 5.76 Å². The van der Waals surface area contributed by atoms with Gasteiger partial charge in [0.25, 0.3) is 0 Å². The third-order valence-corrected chi connectivity index (χ3v) is 3.75. The minimum absolute atomic E-state index is 0.0810. The molecule has 6 nitrogen and oxygen atoms in total. The van der Waals surface area contributed by atoms with Crippen LogP contribution in [-0.2, 0) is 16.1 Å². The maximum atomic E-state index is 12.3. The van der Waals surface area contributed by atoms with Gasteiger partial charge in [-0.15, -0.1) is 0 Å². The fourth-order valence-corrected chi connectivity index (χ4v) is 2.53. The van der Waals surface area contributed by atoms with E-state index >= 15 is 0 Å². The van der Waals surface area contributed by atoms with Crippen LogP contribution in [0.4, 0.5) is 5.69 Å². The molecular formula is C19H24N2O4. The molecular weight excluding hydrogens is 320 g/mol. The second kappa shape index (κ2) is 9.03. The molecule has 0 saturated heterocycles. The van der Waals surface area contributed by atoms with Gasteiger partial charge in [-0.2, -0.15) is 0 Å². The van der Waals surface area contributed by atoms with Crippen LogP contribution in [0.1, 0.15) is 35.2 Å². The predicted octanol–water partition coefficient (Wildman–Crippen LogP) is 3.23. The number of amides is 1. The van der Waals surface area contributed by atoms with Crippen LogP contribution in [0.5, 0.6) is 0 Å². The summed E-state index contributed by atoms with van der Waals surface area (Å²) in [6.07, 6.45) is 0.905. The van der Waals surface area contributed by atoms with E-state index in [1.54, 1.807) is 12.1 Å². The molecule has 6 heteroatoms. The van der Waals surface area contributed by atoms with Gasteiger partial charge in [-0.1, -0.05) is 25.1 Å². The number of aryl methyl sites for hydroxylation is 1. The number of anilines is 1. The van der Waals surface area contributed by atoms with Crippen LogP contribution in [0.3, 0.4) is 0 Å². The zero-order chi connectivity index (χ0) is 18.2. The first-order valence-corrected chi connectivity index (χ1v) is 8.28. The number of carbonyl (C=O) groups is 2. The Morgan fingerprint density at radius 3 is 2.64 bits per heavy atom. The Labute approximate surface area is 147 Å². The summed E-state index contributed by atoms with van der Waals surface area (Å²) in [7, 11) is 1.31. The number of hydrogen-bond acceptors (Lipinski definition) is 5. The zero-order valence-electron chi connectivity index (χ0n) is 14.9. The number of esters is 1. The van der Waals surface area contributed by atoms with Crippen molar-refractivity contribution in [3.63, 3.8) is 0 Å². The van der Waals surface area contributed by atoms with E-state index in [9.17, 15) is 9.59 Å². The van der Waals surface area contributed by atoms with E-state index < -0.39 is 5.97 Å². The van der Waals surface area contributed by atoms with E-state index in [-0.39, 0.29) is 18.2 Å². The summed E-state index contributed by atoms with van der Waals surface area (Å²) in [6.45, 7) is 5.45. The standard InChI is InChI=1S/C19H24N2O4/c1-4-11-21(12-15-9-10-17(25-15)19(23)24-3)13-18(22)20-16-8-6-5-7-14(16)2/h5-10H,4,11-13H2,1-3H3,(H,20,22). The molecule has 1 N–H and O–H groups in total. The van der Waals surface area contributed by atoms with Gasteiger partial charge in [0.15, 0.2) is 0 Å². The first kappa shape index (κ1) is 18.7. The maximum Gasteiger partial charge on any atom is 0.373 e. The molecule has 1 heterocycles. The third kappa shape index (κ3) is 5.46. The van der Waals surface area contributed by atoms with E-state index in [0.29, 0.717) is 12.3 Å². The zero-order valence-corrected chi connectivity index (χ0v) is 14.9. The van der Waals surface area contributed by atoms with Gasteiger partial charge < -0.3 is 14.5 Å². The van der Waals surface area contributed by atoms with E-state index in [2.05, 4.69) is 10.1 Å². The number of ether oxygens (including phenoxy) is 1. The Kier molecular flexibility index (Phi) is 6.77.